The minimum atomic E-state index is -1.42. The molecular weight excluding hydrogens is 1400 g/mol. The van der Waals surface area contributed by atoms with Gasteiger partial charge < -0.3 is 151 Å². The maximum atomic E-state index is 13.7. The third-order valence-corrected chi connectivity index (χ3v) is 22.1. The highest BCUT2D eigenvalue weighted by molar-refractivity contribution is 5.71. The van der Waals surface area contributed by atoms with Crippen molar-refractivity contribution in [3.63, 3.8) is 0 Å². The van der Waals surface area contributed by atoms with E-state index in [1.807, 2.05) is 67.6 Å². The summed E-state index contributed by atoms with van der Waals surface area (Å²) in [6.45, 7) is 2.82. The maximum Gasteiger partial charge on any atom is 0.410 e. The number of azide groups is 1. The fourth-order valence-corrected chi connectivity index (χ4v) is 16.2. The van der Waals surface area contributed by atoms with Gasteiger partial charge in [-0.15, -0.1) is 0 Å². The van der Waals surface area contributed by atoms with Gasteiger partial charge in [0.1, 0.15) is 86.4 Å². The summed E-state index contributed by atoms with van der Waals surface area (Å²) in [7, 11) is 3.11. The van der Waals surface area contributed by atoms with E-state index in [1.54, 1.807) is 14.0 Å². The van der Waals surface area contributed by atoms with Gasteiger partial charge in [0.05, 0.1) is 79.9 Å². The number of aliphatic hydroxyl groups is 7. The maximum absolute atomic E-state index is 13.7. The molecule has 11 fully saturated rings. The SMILES string of the molecule is C.C.CC1C[C@@H]2OC(O[C@H]3OC(CO)[C@@H](C)[C@H](N=[N+]=[N-])C3O)C3C(OC(=O)N3C)C2O[C@@H]1O[C@@H]1C(NC(=O)OCc2ccccc2)C[C@@H](NC(=O)OCc2ccccc2)C2OC3(CCCCC3)O[C@H]21.CNC1C(O[C@H]2OC(CO)[C@@H](N)[C@H](N)C2O)O[C@H]2CC(N)[C@@H](O[C@@H]3C(N)C[C@@H](N)C(O)[C@H]3O)OC2C1O. The van der Waals surface area contributed by atoms with E-state index < -0.39 is 239 Å². The van der Waals surface area contributed by atoms with E-state index in [9.17, 15) is 55.7 Å². The van der Waals surface area contributed by atoms with E-state index in [2.05, 4.69) is 26.0 Å². The third kappa shape index (κ3) is 17.8. The summed E-state index contributed by atoms with van der Waals surface area (Å²) in [5, 5.41) is 85.8. The lowest BCUT2D eigenvalue weighted by Crippen LogP contribution is -2.70. The van der Waals surface area contributed by atoms with Crippen molar-refractivity contribution in [1.82, 2.24) is 20.9 Å². The van der Waals surface area contributed by atoms with Crippen LogP contribution in [0.2, 0.25) is 0 Å². The molecule has 8 aliphatic heterocycles. The summed E-state index contributed by atoms with van der Waals surface area (Å²) < 4.78 is 93.0. The van der Waals surface area contributed by atoms with Gasteiger partial charge in [0, 0.05) is 42.8 Å². The Morgan fingerprint density at radius 1 is 0.594 bits per heavy atom. The molecule has 1 spiro atoms. The smallest absolute Gasteiger partial charge is 0.410 e. The monoisotopic (exact) mass is 1510 g/mol. The van der Waals surface area contributed by atoms with Gasteiger partial charge in [-0.05, 0) is 68.1 Å². The Morgan fingerprint density at radius 3 is 1.80 bits per heavy atom. The van der Waals surface area contributed by atoms with Gasteiger partial charge in [-0.1, -0.05) is 101 Å². The zero-order valence-electron chi connectivity index (χ0n) is 58.3. The first-order chi connectivity index (χ1) is 49.9. The summed E-state index contributed by atoms with van der Waals surface area (Å²) in [6, 6.07) is 10.6. The van der Waals surface area contributed by atoms with Crippen LogP contribution in [0.25, 0.3) is 10.4 Å². The molecule has 0 bridgehead atoms. The second-order valence-corrected chi connectivity index (χ2v) is 29.0. The van der Waals surface area contributed by atoms with E-state index in [1.165, 1.54) is 11.9 Å². The summed E-state index contributed by atoms with van der Waals surface area (Å²) >= 11 is 0. The molecule has 20 N–H and O–H groups in total. The highest BCUT2D eigenvalue weighted by Gasteiger charge is 2.64. The second kappa shape index (κ2) is 36.2. The number of rotatable bonds is 18. The number of carbonyl (C=O) groups is 3. The van der Waals surface area contributed by atoms with Gasteiger partial charge in [0.25, 0.3) is 0 Å². The topological polar surface area (TPSA) is 549 Å². The van der Waals surface area contributed by atoms with Gasteiger partial charge in [-0.2, -0.15) is 0 Å². The molecule has 37 heteroatoms. The zero-order valence-corrected chi connectivity index (χ0v) is 58.3. The number of nitrogens with zero attached hydrogens (tertiary/aromatic N) is 4. The number of alkyl carbamates (subject to hydrolysis) is 2. The first-order valence-electron chi connectivity index (χ1n) is 35.8. The number of nitrogens with two attached hydrogens (primary N) is 5. The van der Waals surface area contributed by atoms with Crippen molar-refractivity contribution in [2.75, 3.05) is 27.3 Å². The molecule has 3 aliphatic carbocycles. The van der Waals surface area contributed by atoms with E-state index in [0.29, 0.717) is 19.3 Å². The molecule has 3 saturated carbocycles. The van der Waals surface area contributed by atoms with Crippen LogP contribution in [-0.2, 0) is 84.3 Å². The molecule has 3 amide bonds. The van der Waals surface area contributed by atoms with Crippen LogP contribution >= 0.6 is 0 Å². The molecule has 106 heavy (non-hydrogen) atoms. The van der Waals surface area contributed by atoms with Crippen molar-refractivity contribution in [1.29, 1.82) is 0 Å². The quantitative estimate of drug-likeness (QED) is 0.0361. The minimum absolute atomic E-state index is 0. The molecule has 0 aromatic heterocycles. The Labute approximate surface area is 614 Å². The van der Waals surface area contributed by atoms with Crippen molar-refractivity contribution in [3.8, 4) is 0 Å². The molecule has 37 nitrogen and oxygen atoms in total. The Morgan fingerprint density at radius 2 is 1.17 bits per heavy atom. The number of likely N-dealkylation sites (N-methyl/N-ethyl adjacent to an activating group) is 2. The Bertz CT molecular complexity index is 3200. The van der Waals surface area contributed by atoms with Crippen molar-refractivity contribution in [2.45, 2.75) is 301 Å². The number of carbonyl (C=O) groups excluding carboxylic acids is 3. The lowest BCUT2D eigenvalue weighted by Gasteiger charge is -2.51. The van der Waals surface area contributed by atoms with Crippen LogP contribution in [0.3, 0.4) is 0 Å². The van der Waals surface area contributed by atoms with Gasteiger partial charge in [0.2, 0.25) is 0 Å². The van der Waals surface area contributed by atoms with E-state index in [4.69, 9.17) is 99.7 Å². The first kappa shape index (κ1) is 83.0. The number of benzene rings is 2. The predicted octanol–water partition coefficient (Wildman–Crippen LogP) is -1.20. The number of aliphatic hydroxyl groups excluding tert-OH is 7. The molecule has 8 saturated heterocycles. The summed E-state index contributed by atoms with van der Waals surface area (Å²) in [4.78, 5) is 44.6. The zero-order chi connectivity index (χ0) is 74.0. The largest absolute Gasteiger partial charge is 0.445 e. The number of nitrogens with one attached hydrogen (secondary N) is 3. The summed E-state index contributed by atoms with van der Waals surface area (Å²) in [5.74, 6) is -1.84. The minimum Gasteiger partial charge on any atom is -0.445 e. The number of fused-ring (bicyclic) bond motifs is 5. The van der Waals surface area contributed by atoms with Crippen molar-refractivity contribution in [2.24, 2.45) is 45.6 Å². The standard InChI is InChI=1S/C46H60N6O15.C21H42N6O10.2CH4/c1-24-19-30-37(38-33(52(3)45(57)64-38)41(60-30)65-42-34(54)32(50-51-47)25(2)31(21-53)61-42)63-40(24)62-35-28(48-43(55)58-22-26-13-7-4-8-14-26)20-29(49-44(56)59-23-27-15-9-5-10-16-27)36-39(35)67-46(66-36)17-11-6-12-18-46;1-27-12-15(31)18-8(33-20(12)37-21-14(30)11(26)10(25)9(4-28)34-21)3-7(24)19(36-18)35-17-6(23)2-5(22)13(29)16(17)32;;/h4-5,7-10,13-16,24-25,28-42,53-54H,6,11-12,17-23H2,1-3H3,(H,48,55)(H,49,56);5-21,27-32H,2-4,22-26H2,1H3;2*1H4/t24?,25-,28?,29-,30+,31?,32+,33?,34?,35-,36?,37?,38?,39+,40+,41?,42-;5-,6?,7?,8+,9?,10-,11+,12?,13?,14?,15?,16-,17-,18?,19+,20?,21-;;/m11../s1. The molecule has 2 aromatic rings. The fourth-order valence-electron chi connectivity index (χ4n) is 16.2. The van der Waals surface area contributed by atoms with Gasteiger partial charge in [-0.25, -0.2) is 14.4 Å². The average Bonchev–Trinajstić information content (AvgIpc) is 1.54. The Balaban J connectivity index is 0.000000262. The van der Waals surface area contributed by atoms with Crippen LogP contribution in [0.15, 0.2) is 65.8 Å². The first-order valence-corrected chi connectivity index (χ1v) is 35.8. The molecule has 596 valence electrons. The molecule has 0 radical (unpaired) electrons. The normalized spacial score (nSPS) is 43.6. The Kier molecular flexibility index (Phi) is 28.3. The molecule has 8 heterocycles. The van der Waals surface area contributed by atoms with Gasteiger partial charge >= 0.3 is 18.3 Å². The van der Waals surface area contributed by atoms with Crippen LogP contribution in [0, 0.1) is 11.8 Å². The van der Waals surface area contributed by atoms with E-state index in [0.717, 1.165) is 30.4 Å². The van der Waals surface area contributed by atoms with E-state index >= 15 is 0 Å². The molecular formula is C69H110N12O25. The molecule has 18 unspecified atom stereocenters. The number of hydrogen-bond donors (Lipinski definition) is 15. The molecule has 13 rings (SSSR count). The fraction of sp³-hybridized carbons (Fsp3) is 0.783. The molecule has 2 aromatic carbocycles. The van der Waals surface area contributed by atoms with Crippen LogP contribution in [-0.4, -0.2) is 288 Å². The third-order valence-electron chi connectivity index (χ3n) is 22.1. The lowest BCUT2D eigenvalue weighted by molar-refractivity contribution is -0.372. The average molecular weight is 1510 g/mol. The van der Waals surface area contributed by atoms with Crippen molar-refractivity contribution < 1.29 is 121 Å². The van der Waals surface area contributed by atoms with Gasteiger partial charge in [-0.3, -0.25) is 4.90 Å². The highest BCUT2D eigenvalue weighted by atomic mass is 16.8. The van der Waals surface area contributed by atoms with Crippen LogP contribution in [0.4, 0.5) is 14.4 Å². The van der Waals surface area contributed by atoms with Crippen LogP contribution < -0.4 is 44.6 Å². The summed E-state index contributed by atoms with van der Waals surface area (Å²) in [6.07, 6.45) is -19.7. The number of ether oxygens (including phenoxy) is 15. The van der Waals surface area contributed by atoms with E-state index in [-0.39, 0.29) is 53.2 Å². The van der Waals surface area contributed by atoms with Gasteiger partial charge in [0.15, 0.2) is 49.6 Å². The predicted molar refractivity (Wildman–Crippen MR) is 368 cm³/mol. The highest BCUT2D eigenvalue weighted by Crippen LogP contribution is 2.48. The van der Waals surface area contributed by atoms with Crippen LogP contribution in [0.1, 0.15) is 97.6 Å². The number of amides is 3. The van der Waals surface area contributed by atoms with Crippen molar-refractivity contribution >= 4 is 18.3 Å². The molecule has 34 atom stereocenters. The number of hydrogen-bond acceptors (Lipinski definition) is 32. The van der Waals surface area contributed by atoms with Crippen molar-refractivity contribution in [3.05, 3.63) is 82.2 Å². The molecule has 11 aliphatic rings. The van der Waals surface area contributed by atoms with Crippen LogP contribution in [0.5, 0.6) is 0 Å². The lowest BCUT2D eigenvalue weighted by atomic mass is 9.83. The Hall–Kier alpha value is -5.44. The second-order valence-electron chi connectivity index (χ2n) is 29.0. The summed E-state index contributed by atoms with van der Waals surface area (Å²) in [5.41, 5.74) is 41.0.